The zero-order chi connectivity index (χ0) is 26.0. The van der Waals surface area contributed by atoms with Crippen LogP contribution in [0.3, 0.4) is 0 Å². The molecule has 0 radical (unpaired) electrons. The molecule has 0 saturated heterocycles. The Labute approximate surface area is 217 Å². The fourth-order valence-electron chi connectivity index (χ4n) is 3.42. The van der Waals surface area contributed by atoms with E-state index in [4.69, 9.17) is 27.9 Å². The third-order valence-corrected chi connectivity index (χ3v) is 5.85. The van der Waals surface area contributed by atoms with Crippen LogP contribution in [0.1, 0.15) is 46.6 Å². The molecule has 2 aromatic rings. The second-order valence-corrected chi connectivity index (χ2v) is 9.37. The lowest BCUT2D eigenvalue weighted by Crippen LogP contribution is -2.49. The summed E-state index contributed by atoms with van der Waals surface area (Å²) in [6.45, 7) is 11.6. The van der Waals surface area contributed by atoms with Crippen LogP contribution in [0, 0.1) is 5.92 Å². The van der Waals surface area contributed by atoms with Crippen molar-refractivity contribution in [2.24, 2.45) is 11.0 Å². The molecule has 0 aliphatic carbocycles. The number of anilines is 1. The summed E-state index contributed by atoms with van der Waals surface area (Å²) in [5, 5.41) is 7.59. The first-order valence-electron chi connectivity index (χ1n) is 11.7. The number of nitrogens with one attached hydrogen (secondary N) is 2. The highest BCUT2D eigenvalue weighted by Crippen LogP contribution is 2.28. The molecule has 0 saturated carbocycles. The minimum atomic E-state index is -0.871. The zero-order valence-electron chi connectivity index (χ0n) is 20.8. The van der Waals surface area contributed by atoms with E-state index in [1.807, 2.05) is 38.1 Å². The second kappa shape index (κ2) is 14.0. The molecule has 7 nitrogen and oxygen atoms in total. The summed E-state index contributed by atoms with van der Waals surface area (Å²) in [7, 11) is 0. The van der Waals surface area contributed by atoms with E-state index in [0.29, 0.717) is 22.2 Å². The lowest BCUT2D eigenvalue weighted by Gasteiger charge is -2.22. The van der Waals surface area contributed by atoms with E-state index in [-0.39, 0.29) is 5.92 Å². The van der Waals surface area contributed by atoms with Crippen LogP contribution in [0.4, 0.5) is 5.69 Å². The van der Waals surface area contributed by atoms with Crippen molar-refractivity contribution in [2.75, 3.05) is 18.0 Å². The first kappa shape index (κ1) is 28.5. The lowest BCUT2D eigenvalue weighted by molar-refractivity contribution is -0.132. The number of ether oxygens (including phenoxy) is 1. The summed E-state index contributed by atoms with van der Waals surface area (Å²) < 4.78 is 5.66. The highest BCUT2D eigenvalue weighted by molar-refractivity contribution is 6.35. The number of rotatable bonds is 12. The number of benzene rings is 2. The van der Waals surface area contributed by atoms with Gasteiger partial charge in [0.05, 0.1) is 11.2 Å². The standard InChI is InChI=1S/C26H34Cl2N4O3/c1-6-32(7-2)21-11-8-19(9-12-21)16-29-31-26(34)23(14-17(3)4)30-25(33)18(5)35-24-13-10-20(27)15-22(24)28/h8-13,15-18,23H,6-7,14H2,1-5H3,(H,30,33)(H,31,34)/b29-16-/t18-,23+/m0/s1. The molecule has 190 valence electrons. The Hall–Kier alpha value is -2.77. The molecular weight excluding hydrogens is 487 g/mol. The van der Waals surface area contributed by atoms with Crippen molar-refractivity contribution in [1.82, 2.24) is 10.7 Å². The van der Waals surface area contributed by atoms with Crippen molar-refractivity contribution < 1.29 is 14.3 Å². The van der Waals surface area contributed by atoms with Crippen molar-refractivity contribution in [3.8, 4) is 5.75 Å². The Morgan fingerprint density at radius 3 is 2.26 bits per heavy atom. The number of hydrogen-bond donors (Lipinski definition) is 2. The predicted molar refractivity (Wildman–Crippen MR) is 144 cm³/mol. The molecule has 0 bridgehead atoms. The van der Waals surface area contributed by atoms with Crippen molar-refractivity contribution in [3.05, 3.63) is 58.1 Å². The fourth-order valence-corrected chi connectivity index (χ4v) is 3.87. The molecule has 0 spiro atoms. The molecule has 0 aliphatic heterocycles. The van der Waals surface area contributed by atoms with E-state index in [2.05, 4.69) is 34.6 Å². The van der Waals surface area contributed by atoms with Crippen molar-refractivity contribution >= 4 is 46.9 Å². The largest absolute Gasteiger partial charge is 0.479 e. The van der Waals surface area contributed by atoms with E-state index in [0.717, 1.165) is 24.3 Å². The van der Waals surface area contributed by atoms with Gasteiger partial charge in [0.2, 0.25) is 0 Å². The highest BCUT2D eigenvalue weighted by atomic mass is 35.5. The summed E-state index contributed by atoms with van der Waals surface area (Å²) in [6, 6.07) is 11.9. The van der Waals surface area contributed by atoms with Gasteiger partial charge in [0.25, 0.3) is 11.8 Å². The van der Waals surface area contributed by atoms with Crippen LogP contribution in [-0.2, 0) is 9.59 Å². The maximum Gasteiger partial charge on any atom is 0.262 e. The molecule has 2 atom stereocenters. The molecule has 0 aromatic heterocycles. The van der Waals surface area contributed by atoms with Gasteiger partial charge in [-0.1, -0.05) is 49.2 Å². The van der Waals surface area contributed by atoms with Gasteiger partial charge in [0.15, 0.2) is 6.10 Å². The highest BCUT2D eigenvalue weighted by Gasteiger charge is 2.25. The van der Waals surface area contributed by atoms with Gasteiger partial charge in [0, 0.05) is 23.8 Å². The molecule has 2 N–H and O–H groups in total. The summed E-state index contributed by atoms with van der Waals surface area (Å²) in [5.74, 6) is -0.336. The lowest BCUT2D eigenvalue weighted by atomic mass is 10.0. The van der Waals surface area contributed by atoms with Gasteiger partial charge in [-0.25, -0.2) is 5.43 Å². The molecule has 2 amide bonds. The van der Waals surface area contributed by atoms with Gasteiger partial charge in [-0.05, 0) is 69.0 Å². The number of carbonyl (C=O) groups excluding carboxylic acids is 2. The quantitative estimate of drug-likeness (QED) is 0.294. The normalized spacial score (nSPS) is 12.9. The fraction of sp³-hybridized carbons (Fsp3) is 0.423. The van der Waals surface area contributed by atoms with Crippen LogP contribution in [0.25, 0.3) is 0 Å². The Morgan fingerprint density at radius 2 is 1.69 bits per heavy atom. The van der Waals surface area contributed by atoms with Gasteiger partial charge in [0.1, 0.15) is 11.8 Å². The number of carbonyl (C=O) groups is 2. The molecular formula is C26H34Cl2N4O3. The number of halogens is 2. The van der Waals surface area contributed by atoms with E-state index in [1.165, 1.54) is 6.07 Å². The third kappa shape index (κ3) is 9.07. The minimum Gasteiger partial charge on any atom is -0.479 e. The molecule has 0 heterocycles. The monoisotopic (exact) mass is 520 g/mol. The molecule has 2 aromatic carbocycles. The average molecular weight is 521 g/mol. The van der Waals surface area contributed by atoms with Crippen LogP contribution < -0.4 is 20.4 Å². The number of hydrogen-bond acceptors (Lipinski definition) is 5. The van der Waals surface area contributed by atoms with Crippen LogP contribution in [-0.4, -0.2) is 43.3 Å². The minimum absolute atomic E-state index is 0.171. The number of hydrazone groups is 1. The molecule has 35 heavy (non-hydrogen) atoms. The second-order valence-electron chi connectivity index (χ2n) is 8.52. The molecule has 0 unspecified atom stereocenters. The van der Waals surface area contributed by atoms with Crippen LogP contribution in [0.15, 0.2) is 47.6 Å². The Bertz CT molecular complexity index is 1010. The van der Waals surface area contributed by atoms with E-state index < -0.39 is 24.0 Å². The summed E-state index contributed by atoms with van der Waals surface area (Å²) >= 11 is 12.0. The molecule has 0 aliphatic rings. The third-order valence-electron chi connectivity index (χ3n) is 5.32. The van der Waals surface area contributed by atoms with Crippen molar-refractivity contribution in [1.29, 1.82) is 0 Å². The zero-order valence-corrected chi connectivity index (χ0v) is 22.4. The maximum atomic E-state index is 12.8. The van der Waals surface area contributed by atoms with Gasteiger partial charge in [-0.15, -0.1) is 0 Å². The van der Waals surface area contributed by atoms with Gasteiger partial charge < -0.3 is 15.0 Å². The average Bonchev–Trinajstić information content (AvgIpc) is 2.81. The first-order chi connectivity index (χ1) is 16.6. The Balaban J connectivity index is 1.98. The van der Waals surface area contributed by atoms with Crippen LogP contribution in [0.2, 0.25) is 10.0 Å². The van der Waals surface area contributed by atoms with Gasteiger partial charge in [-0.2, -0.15) is 5.10 Å². The van der Waals surface area contributed by atoms with Gasteiger partial charge >= 0.3 is 0 Å². The van der Waals surface area contributed by atoms with E-state index in [1.54, 1.807) is 25.3 Å². The number of amides is 2. The summed E-state index contributed by atoms with van der Waals surface area (Å²) in [6.07, 6.45) is 1.15. The summed E-state index contributed by atoms with van der Waals surface area (Å²) in [4.78, 5) is 27.7. The first-order valence-corrected chi connectivity index (χ1v) is 12.5. The van der Waals surface area contributed by atoms with E-state index >= 15 is 0 Å². The van der Waals surface area contributed by atoms with E-state index in [9.17, 15) is 9.59 Å². The topological polar surface area (TPSA) is 83.0 Å². The predicted octanol–water partition coefficient (Wildman–Crippen LogP) is 5.29. The molecule has 2 rings (SSSR count). The van der Waals surface area contributed by atoms with Crippen molar-refractivity contribution in [3.63, 3.8) is 0 Å². The SMILES string of the molecule is CCN(CC)c1ccc(/C=N\NC(=O)[C@@H](CC(C)C)NC(=O)[C@H](C)Oc2ccc(Cl)cc2Cl)cc1. The van der Waals surface area contributed by atoms with Gasteiger partial charge in [-0.3, -0.25) is 9.59 Å². The maximum absolute atomic E-state index is 12.8. The molecule has 0 fully saturated rings. The Morgan fingerprint density at radius 1 is 1.03 bits per heavy atom. The van der Waals surface area contributed by atoms with Crippen LogP contribution in [0.5, 0.6) is 5.75 Å². The van der Waals surface area contributed by atoms with Crippen molar-refractivity contribution in [2.45, 2.75) is 53.2 Å². The Kier molecular flexibility index (Phi) is 11.3. The van der Waals surface area contributed by atoms with Crippen LogP contribution >= 0.6 is 23.2 Å². The number of nitrogens with zero attached hydrogens (tertiary/aromatic N) is 2. The molecule has 9 heteroatoms. The summed E-state index contributed by atoms with van der Waals surface area (Å²) in [5.41, 5.74) is 4.52. The smallest absolute Gasteiger partial charge is 0.262 e.